The molecular formula is C18H16N6. The van der Waals surface area contributed by atoms with E-state index in [-0.39, 0.29) is 0 Å². The van der Waals surface area contributed by atoms with Crippen LogP contribution in [-0.4, -0.2) is 13.0 Å². The van der Waals surface area contributed by atoms with Gasteiger partial charge in [-0.2, -0.15) is 0 Å². The van der Waals surface area contributed by atoms with Crippen LogP contribution in [0.1, 0.15) is 0 Å². The van der Waals surface area contributed by atoms with E-state index in [0.717, 1.165) is 22.1 Å². The van der Waals surface area contributed by atoms with E-state index in [4.69, 9.17) is 11.3 Å². The summed E-state index contributed by atoms with van der Waals surface area (Å²) in [4.78, 5) is 8.83. The molecule has 0 atom stereocenters. The number of nitrogens with zero attached hydrogens (tertiary/aromatic N) is 5. The van der Waals surface area contributed by atoms with Crippen molar-refractivity contribution in [2.75, 3.05) is 11.9 Å². The Morgan fingerprint density at radius 1 is 1.04 bits per heavy atom. The van der Waals surface area contributed by atoms with Crippen molar-refractivity contribution in [2.24, 2.45) is 15.8 Å². The van der Waals surface area contributed by atoms with Gasteiger partial charge in [-0.05, 0) is 29.1 Å². The first-order chi connectivity index (χ1) is 11.7. The summed E-state index contributed by atoms with van der Waals surface area (Å²) >= 11 is 0. The molecule has 2 N–H and O–H groups in total. The number of anilines is 2. The fourth-order valence-corrected chi connectivity index (χ4v) is 2.64. The van der Waals surface area contributed by atoms with Gasteiger partial charge in [0.2, 0.25) is 0 Å². The van der Waals surface area contributed by atoms with Crippen molar-refractivity contribution >= 4 is 33.8 Å². The van der Waals surface area contributed by atoms with Crippen molar-refractivity contribution in [2.45, 2.75) is 0 Å². The highest BCUT2D eigenvalue weighted by Crippen LogP contribution is 2.33. The molecule has 0 unspecified atom stereocenters. The lowest BCUT2D eigenvalue weighted by Crippen LogP contribution is -2.33. The van der Waals surface area contributed by atoms with Crippen molar-refractivity contribution in [3.63, 3.8) is 0 Å². The summed E-state index contributed by atoms with van der Waals surface area (Å²) in [6.07, 6.45) is 0. The lowest BCUT2D eigenvalue weighted by molar-refractivity contribution is 1.26. The van der Waals surface area contributed by atoms with Crippen LogP contribution < -0.4 is 10.6 Å². The van der Waals surface area contributed by atoms with Crippen LogP contribution in [0.15, 0.2) is 76.8 Å². The molecule has 3 aromatic carbocycles. The molecule has 0 saturated heterocycles. The maximum Gasteiger partial charge on any atom is 0.200 e. The molecular weight excluding hydrogens is 300 g/mol. The Bertz CT molecular complexity index is 951. The summed E-state index contributed by atoms with van der Waals surface area (Å²) in [5, 5.41) is 5.83. The van der Waals surface area contributed by atoms with E-state index in [0.29, 0.717) is 11.6 Å². The monoisotopic (exact) mass is 316 g/mol. The van der Waals surface area contributed by atoms with Crippen molar-refractivity contribution < 1.29 is 0 Å². The highest BCUT2D eigenvalue weighted by Gasteiger charge is 2.16. The van der Waals surface area contributed by atoms with Gasteiger partial charge in [0.15, 0.2) is 5.96 Å². The summed E-state index contributed by atoms with van der Waals surface area (Å²) in [5.41, 5.74) is 17.0. The van der Waals surface area contributed by atoms with Crippen LogP contribution in [0.5, 0.6) is 0 Å². The first-order valence-electron chi connectivity index (χ1n) is 7.40. The summed E-state index contributed by atoms with van der Waals surface area (Å²) in [6.45, 7) is 0. The van der Waals surface area contributed by atoms with Crippen LogP contribution >= 0.6 is 0 Å². The number of aliphatic imine (C=N–C) groups is 1. The quantitative estimate of drug-likeness (QED) is 0.246. The fraction of sp³-hybridized carbons (Fsp3) is 0.0556. The molecule has 0 aliphatic rings. The zero-order valence-corrected chi connectivity index (χ0v) is 13.2. The Balaban J connectivity index is 2.24. The van der Waals surface area contributed by atoms with Crippen LogP contribution in [0, 0.1) is 0 Å². The minimum atomic E-state index is 0.351. The number of benzene rings is 3. The van der Waals surface area contributed by atoms with Gasteiger partial charge in [-0.3, -0.25) is 9.89 Å². The second-order valence-electron chi connectivity index (χ2n) is 5.12. The van der Waals surface area contributed by atoms with E-state index >= 15 is 0 Å². The third-order valence-electron chi connectivity index (χ3n) is 3.71. The molecule has 0 bridgehead atoms. The highest BCUT2D eigenvalue weighted by molar-refractivity contribution is 6.09. The topological polar surface area (TPSA) is 90.4 Å². The lowest BCUT2D eigenvalue weighted by Gasteiger charge is -2.25. The molecule has 6 nitrogen and oxygen atoms in total. The highest BCUT2D eigenvalue weighted by atomic mass is 15.3. The Hall–Kier alpha value is -3.50. The van der Waals surface area contributed by atoms with Gasteiger partial charge in [-0.1, -0.05) is 53.6 Å². The van der Waals surface area contributed by atoms with Crippen LogP contribution in [-0.2, 0) is 0 Å². The van der Waals surface area contributed by atoms with Gasteiger partial charge >= 0.3 is 0 Å². The zero-order chi connectivity index (χ0) is 16.9. The SMILES string of the molecule is CN=C(N)N(c1cccc(N=[N+]=[N-])c1)c1cccc2ccccc12. The maximum absolute atomic E-state index is 8.66. The minimum absolute atomic E-state index is 0.351. The van der Waals surface area contributed by atoms with Crippen LogP contribution in [0.3, 0.4) is 0 Å². The summed E-state index contributed by atoms with van der Waals surface area (Å²) in [6, 6.07) is 21.3. The second-order valence-corrected chi connectivity index (χ2v) is 5.12. The van der Waals surface area contributed by atoms with Gasteiger partial charge in [0.05, 0.1) is 5.69 Å². The normalized spacial score (nSPS) is 11.1. The zero-order valence-electron chi connectivity index (χ0n) is 13.2. The predicted molar refractivity (Wildman–Crippen MR) is 98.9 cm³/mol. The van der Waals surface area contributed by atoms with E-state index in [9.17, 15) is 0 Å². The Morgan fingerprint density at radius 2 is 1.79 bits per heavy atom. The molecule has 3 rings (SSSR count). The maximum atomic E-state index is 8.66. The number of hydrogen-bond donors (Lipinski definition) is 1. The number of fused-ring (bicyclic) bond motifs is 1. The molecule has 6 heteroatoms. The van der Waals surface area contributed by atoms with Crippen molar-refractivity contribution in [3.05, 3.63) is 77.2 Å². The first kappa shape index (κ1) is 15.4. The molecule has 3 aromatic rings. The van der Waals surface area contributed by atoms with E-state index in [1.165, 1.54) is 0 Å². The van der Waals surface area contributed by atoms with Crippen LogP contribution in [0.25, 0.3) is 21.2 Å². The van der Waals surface area contributed by atoms with E-state index in [2.05, 4.69) is 15.0 Å². The predicted octanol–water partition coefficient (Wildman–Crippen LogP) is 4.86. The summed E-state index contributed by atoms with van der Waals surface area (Å²) in [5.74, 6) is 0.351. The molecule has 0 aliphatic carbocycles. The average molecular weight is 316 g/mol. The van der Waals surface area contributed by atoms with Gasteiger partial charge in [-0.25, -0.2) is 0 Å². The third-order valence-corrected chi connectivity index (χ3v) is 3.71. The van der Waals surface area contributed by atoms with E-state index < -0.39 is 0 Å². The molecule has 118 valence electrons. The number of nitrogens with two attached hydrogens (primary N) is 1. The van der Waals surface area contributed by atoms with E-state index in [1.807, 2.05) is 59.5 Å². The summed E-state index contributed by atoms with van der Waals surface area (Å²) < 4.78 is 0. The van der Waals surface area contributed by atoms with Crippen molar-refractivity contribution in [1.29, 1.82) is 0 Å². The Morgan fingerprint density at radius 3 is 2.58 bits per heavy atom. The smallest absolute Gasteiger partial charge is 0.200 e. The van der Waals surface area contributed by atoms with E-state index in [1.54, 1.807) is 19.2 Å². The standard InChI is InChI=1S/C18H16N6/c1-21-18(19)24(15-9-5-8-14(12-15)22-23-20)17-11-4-7-13-6-2-3-10-16(13)17/h2-12H,1H3,(H2,19,21). The van der Waals surface area contributed by atoms with Crippen LogP contribution in [0.4, 0.5) is 17.1 Å². The van der Waals surface area contributed by atoms with Gasteiger partial charge in [0, 0.05) is 28.7 Å². The minimum Gasteiger partial charge on any atom is -0.369 e. The average Bonchev–Trinajstić information content (AvgIpc) is 2.62. The fourth-order valence-electron chi connectivity index (χ4n) is 2.64. The molecule has 0 aliphatic heterocycles. The van der Waals surface area contributed by atoms with Crippen molar-refractivity contribution in [3.8, 4) is 0 Å². The Labute approximate surface area is 139 Å². The molecule has 0 heterocycles. The largest absolute Gasteiger partial charge is 0.369 e. The first-order valence-corrected chi connectivity index (χ1v) is 7.40. The molecule has 0 amide bonds. The Kier molecular flexibility index (Phi) is 4.32. The molecule has 24 heavy (non-hydrogen) atoms. The third kappa shape index (κ3) is 2.86. The number of azide groups is 1. The second kappa shape index (κ2) is 6.73. The number of hydrogen-bond acceptors (Lipinski definition) is 2. The van der Waals surface area contributed by atoms with Crippen LogP contribution in [0.2, 0.25) is 0 Å². The van der Waals surface area contributed by atoms with Gasteiger partial charge in [-0.15, -0.1) is 0 Å². The molecule has 0 aromatic heterocycles. The van der Waals surface area contributed by atoms with Crippen molar-refractivity contribution in [1.82, 2.24) is 0 Å². The molecule has 0 saturated carbocycles. The number of guanidine groups is 1. The molecule has 0 spiro atoms. The lowest BCUT2D eigenvalue weighted by atomic mass is 10.1. The number of rotatable bonds is 3. The molecule has 0 radical (unpaired) electrons. The summed E-state index contributed by atoms with van der Waals surface area (Å²) in [7, 11) is 1.64. The van der Waals surface area contributed by atoms with Gasteiger partial charge in [0.1, 0.15) is 0 Å². The van der Waals surface area contributed by atoms with Gasteiger partial charge in [0.25, 0.3) is 0 Å². The molecule has 0 fully saturated rings. The van der Waals surface area contributed by atoms with Gasteiger partial charge < -0.3 is 5.73 Å².